The van der Waals surface area contributed by atoms with Crippen LogP contribution in [0.5, 0.6) is 0 Å². The van der Waals surface area contributed by atoms with Gasteiger partial charge in [0, 0.05) is 80.0 Å². The highest BCUT2D eigenvalue weighted by molar-refractivity contribution is 6.29. The van der Waals surface area contributed by atoms with Crippen molar-refractivity contribution in [3.63, 3.8) is 0 Å². The van der Waals surface area contributed by atoms with Crippen LogP contribution < -0.4 is 4.90 Å². The van der Waals surface area contributed by atoms with Crippen molar-refractivity contribution in [3.05, 3.63) is 70.4 Å². The summed E-state index contributed by atoms with van der Waals surface area (Å²) < 4.78 is 0. The second-order valence-electron chi connectivity index (χ2n) is 8.81. The van der Waals surface area contributed by atoms with Crippen molar-refractivity contribution in [2.75, 3.05) is 24.5 Å². The van der Waals surface area contributed by atoms with Crippen molar-refractivity contribution in [1.29, 1.82) is 0 Å². The molecule has 0 N–H and O–H groups in total. The second kappa shape index (κ2) is 8.51. The van der Waals surface area contributed by atoms with Gasteiger partial charge in [-0.15, -0.1) is 0 Å². The van der Waals surface area contributed by atoms with Gasteiger partial charge in [-0.05, 0) is 55.3 Å². The van der Waals surface area contributed by atoms with Crippen LogP contribution in [0.2, 0.25) is 5.15 Å². The van der Waals surface area contributed by atoms with Crippen molar-refractivity contribution in [1.82, 2.24) is 19.9 Å². The van der Waals surface area contributed by atoms with Crippen LogP contribution in [0.1, 0.15) is 28.9 Å². The van der Waals surface area contributed by atoms with Crippen LogP contribution in [0.15, 0.2) is 42.7 Å². The Bertz CT molecular complexity index is 1170. The molecular formula is C25H26ClN5O. The lowest BCUT2D eigenvalue weighted by Crippen LogP contribution is -2.49. The number of pyridine rings is 3. The lowest BCUT2D eigenvalue weighted by molar-refractivity contribution is -0.133. The van der Waals surface area contributed by atoms with Gasteiger partial charge in [0.15, 0.2) is 0 Å². The minimum atomic E-state index is 0.234. The first-order valence-electron chi connectivity index (χ1n) is 11.0. The number of nitrogens with zero attached hydrogens (tertiary/aromatic N) is 5. The van der Waals surface area contributed by atoms with Crippen LogP contribution in [0.4, 0.5) is 5.69 Å². The van der Waals surface area contributed by atoms with Gasteiger partial charge in [-0.25, -0.2) is 4.98 Å². The number of anilines is 1. The van der Waals surface area contributed by atoms with E-state index in [0.717, 1.165) is 59.0 Å². The number of fused-ring (bicyclic) bond motifs is 1. The van der Waals surface area contributed by atoms with Gasteiger partial charge in [0.2, 0.25) is 5.91 Å². The molecule has 1 fully saturated rings. The van der Waals surface area contributed by atoms with Gasteiger partial charge in [0.25, 0.3) is 0 Å². The summed E-state index contributed by atoms with van der Waals surface area (Å²) in [5, 5.41) is 0.536. The molecule has 1 amide bonds. The smallest absolute Gasteiger partial charge is 0.223 e. The monoisotopic (exact) mass is 447 g/mol. The highest BCUT2D eigenvalue weighted by Gasteiger charge is 2.32. The summed E-state index contributed by atoms with van der Waals surface area (Å²) in [6.07, 6.45) is 5.03. The van der Waals surface area contributed by atoms with Gasteiger partial charge in [0.05, 0.1) is 5.69 Å². The summed E-state index contributed by atoms with van der Waals surface area (Å²) in [5.74, 6) is 0.616. The average Bonchev–Trinajstić information content (AvgIpc) is 2.75. The fourth-order valence-corrected chi connectivity index (χ4v) is 4.90. The van der Waals surface area contributed by atoms with Crippen molar-refractivity contribution in [2.45, 2.75) is 33.2 Å². The van der Waals surface area contributed by atoms with Crippen LogP contribution in [0.25, 0.3) is 11.3 Å². The van der Waals surface area contributed by atoms with E-state index in [1.807, 2.05) is 55.4 Å². The topological polar surface area (TPSA) is 62.2 Å². The molecule has 1 saturated heterocycles. The third-order valence-corrected chi connectivity index (χ3v) is 6.64. The summed E-state index contributed by atoms with van der Waals surface area (Å²) in [5.41, 5.74) is 7.45. The van der Waals surface area contributed by atoms with E-state index in [4.69, 9.17) is 11.6 Å². The van der Waals surface area contributed by atoms with Crippen LogP contribution in [-0.2, 0) is 17.8 Å². The Labute approximate surface area is 193 Å². The second-order valence-corrected chi connectivity index (χ2v) is 9.20. The van der Waals surface area contributed by atoms with Gasteiger partial charge in [0.1, 0.15) is 5.15 Å². The molecule has 6 nitrogen and oxygen atoms in total. The molecule has 0 aromatic carbocycles. The van der Waals surface area contributed by atoms with Gasteiger partial charge in [-0.3, -0.25) is 14.8 Å². The van der Waals surface area contributed by atoms with Crippen LogP contribution in [-0.4, -0.2) is 45.4 Å². The number of amides is 1. The van der Waals surface area contributed by atoms with Crippen LogP contribution >= 0.6 is 11.6 Å². The highest BCUT2D eigenvalue weighted by atomic mass is 35.5. The normalized spacial score (nSPS) is 16.0. The number of hydrogen-bond acceptors (Lipinski definition) is 5. The summed E-state index contributed by atoms with van der Waals surface area (Å²) in [4.78, 5) is 30.5. The van der Waals surface area contributed by atoms with E-state index in [1.165, 1.54) is 0 Å². The number of aryl methyl sites for hydroxylation is 2. The quantitative estimate of drug-likeness (QED) is 0.560. The molecule has 164 valence electrons. The summed E-state index contributed by atoms with van der Waals surface area (Å²) in [7, 11) is 0. The molecular weight excluding hydrogens is 422 g/mol. The van der Waals surface area contributed by atoms with E-state index in [1.54, 1.807) is 0 Å². The third-order valence-electron chi connectivity index (χ3n) is 6.44. The fraction of sp³-hybridized carbons (Fsp3) is 0.360. The predicted molar refractivity (Wildman–Crippen MR) is 126 cm³/mol. The van der Waals surface area contributed by atoms with Gasteiger partial charge in [-0.2, -0.15) is 0 Å². The molecule has 2 aliphatic heterocycles. The summed E-state index contributed by atoms with van der Waals surface area (Å²) in [6.45, 7) is 7.17. The minimum absolute atomic E-state index is 0.234. The number of rotatable bonds is 4. The first-order chi connectivity index (χ1) is 15.5. The maximum absolute atomic E-state index is 12.9. The molecule has 0 bridgehead atoms. The number of halogens is 1. The fourth-order valence-electron chi connectivity index (χ4n) is 4.63. The molecule has 0 atom stereocenters. The molecule has 0 saturated carbocycles. The first kappa shape index (κ1) is 20.9. The molecule has 0 spiro atoms. The van der Waals surface area contributed by atoms with Crippen molar-refractivity contribution < 1.29 is 4.79 Å². The zero-order valence-corrected chi connectivity index (χ0v) is 19.1. The number of aromatic nitrogens is 3. The van der Waals surface area contributed by atoms with E-state index in [-0.39, 0.29) is 5.91 Å². The Hall–Kier alpha value is -2.99. The Morgan fingerprint density at radius 2 is 1.94 bits per heavy atom. The summed E-state index contributed by atoms with van der Waals surface area (Å²) in [6, 6.07) is 10.1. The number of carbonyl (C=O) groups excluding carboxylic acids is 1. The van der Waals surface area contributed by atoms with Gasteiger partial charge in [-0.1, -0.05) is 11.6 Å². The number of carbonyl (C=O) groups is 1. The van der Waals surface area contributed by atoms with Crippen LogP contribution in [0.3, 0.4) is 0 Å². The third kappa shape index (κ3) is 4.19. The first-order valence-corrected chi connectivity index (χ1v) is 11.4. The largest absolute Gasteiger partial charge is 0.371 e. The predicted octanol–water partition coefficient (Wildman–Crippen LogP) is 4.22. The molecule has 3 aromatic rings. The molecule has 0 aliphatic carbocycles. The van der Waals surface area contributed by atoms with E-state index in [9.17, 15) is 4.79 Å². The average molecular weight is 448 g/mol. The van der Waals surface area contributed by atoms with Crippen molar-refractivity contribution >= 4 is 23.2 Å². The van der Waals surface area contributed by atoms with Gasteiger partial charge >= 0.3 is 0 Å². The maximum atomic E-state index is 12.9. The Balaban J connectivity index is 1.19. The zero-order valence-electron chi connectivity index (χ0n) is 18.4. The number of hydrogen-bond donors (Lipinski definition) is 0. The molecule has 3 aromatic heterocycles. The molecule has 7 heteroatoms. The lowest BCUT2D eigenvalue weighted by atomic mass is 9.93. The molecule has 5 rings (SSSR count). The molecule has 0 radical (unpaired) electrons. The van der Waals surface area contributed by atoms with E-state index < -0.39 is 0 Å². The Morgan fingerprint density at radius 1 is 1.12 bits per heavy atom. The highest BCUT2D eigenvalue weighted by Crippen LogP contribution is 2.30. The maximum Gasteiger partial charge on any atom is 0.223 e. The molecule has 0 unspecified atom stereocenters. The molecule has 2 aliphatic rings. The zero-order chi connectivity index (χ0) is 22.2. The van der Waals surface area contributed by atoms with E-state index >= 15 is 0 Å². The SMILES string of the molecule is Cc1cc(-c2cc(N3CC(CC(=O)N4CCc5nc(Cl)cc(C)c5C4)C3)ccn2)ccn1. The van der Waals surface area contributed by atoms with Crippen LogP contribution in [0, 0.1) is 19.8 Å². The standard InChI is InChI=1S/C25H26ClN5O/c1-16-9-24(26)29-22-5-8-30(15-21(16)22)25(32)11-18-13-31(14-18)20-4-7-28-23(12-20)19-3-6-27-17(2)10-19/h3-4,6-7,9-10,12,18H,5,8,11,13-15H2,1-2H3. The Morgan fingerprint density at radius 3 is 2.75 bits per heavy atom. The molecule has 32 heavy (non-hydrogen) atoms. The van der Waals surface area contributed by atoms with E-state index in [2.05, 4.69) is 25.9 Å². The van der Waals surface area contributed by atoms with Crippen molar-refractivity contribution in [3.8, 4) is 11.3 Å². The van der Waals surface area contributed by atoms with Gasteiger partial charge < -0.3 is 9.80 Å². The minimum Gasteiger partial charge on any atom is -0.371 e. The van der Waals surface area contributed by atoms with Crippen molar-refractivity contribution in [2.24, 2.45) is 5.92 Å². The lowest BCUT2D eigenvalue weighted by Gasteiger charge is -2.42. The molecule has 5 heterocycles. The summed E-state index contributed by atoms with van der Waals surface area (Å²) >= 11 is 6.09. The Kier molecular flexibility index (Phi) is 5.55. The van der Waals surface area contributed by atoms with E-state index in [0.29, 0.717) is 30.6 Å².